The number of aryl methyl sites for hydroxylation is 1. The molecule has 0 atom stereocenters. The van der Waals surface area contributed by atoms with Gasteiger partial charge in [0.05, 0.1) is 32.8 Å². The third-order valence-electron chi connectivity index (χ3n) is 6.93. The molecule has 0 aliphatic heterocycles. The summed E-state index contributed by atoms with van der Waals surface area (Å²) in [6.07, 6.45) is 4.64. The van der Waals surface area contributed by atoms with Crippen molar-refractivity contribution in [3.8, 4) is 17.1 Å². The van der Waals surface area contributed by atoms with Gasteiger partial charge in [-0.3, -0.25) is 4.79 Å². The van der Waals surface area contributed by atoms with Crippen LogP contribution in [-0.4, -0.2) is 41.2 Å². The molecule has 5 rings (SSSR count). The molecule has 1 fully saturated rings. The number of halogens is 2. The number of H-pyrrole nitrogens is 1. The maximum atomic E-state index is 13.2. The van der Waals surface area contributed by atoms with Gasteiger partial charge >= 0.3 is 0 Å². The van der Waals surface area contributed by atoms with Gasteiger partial charge in [-0.1, -0.05) is 49.5 Å². The van der Waals surface area contributed by atoms with Crippen molar-refractivity contribution in [1.82, 2.24) is 24.3 Å². The van der Waals surface area contributed by atoms with Crippen LogP contribution in [0.5, 0.6) is 5.75 Å². The number of hydrogen-bond acceptors (Lipinski definition) is 6. The van der Waals surface area contributed by atoms with Crippen LogP contribution in [0.1, 0.15) is 63.0 Å². The molecule has 0 saturated heterocycles. The molecule has 4 aromatic rings. The molecule has 1 aliphatic rings. The number of nitrogens with one attached hydrogen (secondary N) is 2. The summed E-state index contributed by atoms with van der Waals surface area (Å²) in [7, 11) is -3.88. The molecule has 2 N–H and O–H groups in total. The van der Waals surface area contributed by atoms with Crippen molar-refractivity contribution >= 4 is 38.7 Å². The lowest BCUT2D eigenvalue weighted by Crippen LogP contribution is -2.26. The molecule has 0 spiro atoms. The maximum Gasteiger partial charge on any atom is 0.277 e. The Kier molecular flexibility index (Phi) is 9.24. The number of sulfonamides is 1. The Morgan fingerprint density at radius 1 is 1.12 bits per heavy atom. The van der Waals surface area contributed by atoms with E-state index in [0.29, 0.717) is 45.6 Å². The van der Waals surface area contributed by atoms with Crippen molar-refractivity contribution in [3.05, 3.63) is 73.9 Å². The van der Waals surface area contributed by atoms with Crippen LogP contribution in [0.4, 0.5) is 0 Å². The number of aromatic amines is 1. The van der Waals surface area contributed by atoms with Crippen molar-refractivity contribution in [3.63, 3.8) is 0 Å². The second kappa shape index (κ2) is 12.3. The zero-order chi connectivity index (χ0) is 27.7. The number of fused-ring (bicyclic) bond motifs is 1. The molecule has 1 saturated carbocycles. The van der Waals surface area contributed by atoms with Gasteiger partial charge in [0, 0.05) is 12.5 Å². The maximum absolute atomic E-state index is 13.2. The zero-order valence-corrected chi connectivity index (χ0v) is 24.0. The molecule has 2 aromatic heterocycles. The molecule has 0 amide bonds. The third kappa shape index (κ3) is 6.05. The lowest BCUT2D eigenvalue weighted by molar-refractivity contribution is 0.341. The summed E-state index contributed by atoms with van der Waals surface area (Å²) in [6, 6.07) is 9.70. The highest BCUT2D eigenvalue weighted by molar-refractivity contribution is 7.89. The molecule has 40 heavy (non-hydrogen) atoms. The minimum Gasteiger partial charge on any atom is -0.493 e. The summed E-state index contributed by atoms with van der Waals surface area (Å²) in [5.41, 5.74) is 1.89. The molecular weight excluding hydrogens is 573 g/mol. The smallest absolute Gasteiger partial charge is 0.277 e. The van der Waals surface area contributed by atoms with Crippen LogP contribution in [-0.2, 0) is 16.4 Å². The first kappa shape index (κ1) is 30.0. The average molecular weight is 607 g/mol. The van der Waals surface area contributed by atoms with E-state index in [9.17, 15) is 13.2 Å². The molecule has 2 heterocycles. The highest BCUT2D eigenvalue weighted by atomic mass is 35.5. The first-order valence-corrected chi connectivity index (χ1v) is 15.1. The Labute approximate surface area is 243 Å². The Bertz CT molecular complexity index is 1700. The number of nitrogens with zero attached hydrogens (tertiary/aromatic N) is 3. The van der Waals surface area contributed by atoms with Gasteiger partial charge in [-0.15, -0.1) is 5.10 Å². The minimum atomic E-state index is -3.88. The molecule has 12 heteroatoms. The fraction of sp³-hybridized carbons (Fsp3) is 0.393. The van der Waals surface area contributed by atoms with Crippen LogP contribution in [0, 0.1) is 6.92 Å². The lowest BCUT2D eigenvalue weighted by atomic mass is 10.1. The van der Waals surface area contributed by atoms with E-state index in [-0.39, 0.29) is 36.2 Å². The predicted octanol–water partition coefficient (Wildman–Crippen LogP) is 5.91. The molecule has 9 nitrogen and oxygen atoms in total. The van der Waals surface area contributed by atoms with Gasteiger partial charge in [0.2, 0.25) is 10.0 Å². The van der Waals surface area contributed by atoms with Gasteiger partial charge in [0.25, 0.3) is 5.56 Å². The van der Waals surface area contributed by atoms with Crippen molar-refractivity contribution in [2.45, 2.75) is 64.2 Å². The summed E-state index contributed by atoms with van der Waals surface area (Å²) in [4.78, 5) is 20.7. The van der Waals surface area contributed by atoms with E-state index in [2.05, 4.69) is 14.7 Å². The van der Waals surface area contributed by atoms with Crippen LogP contribution >= 0.6 is 23.2 Å². The standard InChI is InChI=1S/C27H29Cl2N5O4S.CH4/c1-3-38-23-11-9-19(39(36,37)30-13-12-17-8-10-21(28)22(29)14-17)15-20(23)25-32-27(35)24-16(2)31-26(34(24)33-25)18-6-4-5-7-18;/h8-11,14-15,18,30H,3-7,12-13H2,1-2H3,(H,32,33,35);1H4. The molecule has 0 radical (unpaired) electrons. The summed E-state index contributed by atoms with van der Waals surface area (Å²) in [5.74, 6) is 1.61. The van der Waals surface area contributed by atoms with Crippen LogP contribution in [0.15, 0.2) is 46.1 Å². The van der Waals surface area contributed by atoms with Crippen LogP contribution < -0.4 is 15.0 Å². The second-order valence-electron chi connectivity index (χ2n) is 9.59. The van der Waals surface area contributed by atoms with E-state index >= 15 is 0 Å². The zero-order valence-electron chi connectivity index (χ0n) is 21.6. The van der Waals surface area contributed by atoms with Crippen LogP contribution in [0.2, 0.25) is 10.0 Å². The van der Waals surface area contributed by atoms with Crippen molar-refractivity contribution in [2.24, 2.45) is 0 Å². The molecule has 0 unspecified atom stereocenters. The van der Waals surface area contributed by atoms with Gasteiger partial charge in [-0.25, -0.2) is 22.6 Å². The van der Waals surface area contributed by atoms with Gasteiger partial charge < -0.3 is 9.72 Å². The van der Waals surface area contributed by atoms with Gasteiger partial charge in [-0.2, -0.15) is 0 Å². The fourth-order valence-electron chi connectivity index (χ4n) is 5.01. The average Bonchev–Trinajstić information content (AvgIpc) is 3.54. The lowest BCUT2D eigenvalue weighted by Gasteiger charge is -2.14. The van der Waals surface area contributed by atoms with Crippen LogP contribution in [0.3, 0.4) is 0 Å². The molecule has 2 aromatic carbocycles. The van der Waals surface area contributed by atoms with E-state index < -0.39 is 10.0 Å². The SMILES string of the molecule is C.CCOc1ccc(S(=O)(=O)NCCc2ccc(Cl)c(Cl)c2)cc1-c1nn2c(C3CCCC3)nc(C)c2c(=O)[nH]1. The molecule has 0 bridgehead atoms. The molecule has 1 aliphatic carbocycles. The Balaban J connectivity index is 0.00000370. The Morgan fingerprint density at radius 3 is 2.58 bits per heavy atom. The monoisotopic (exact) mass is 605 g/mol. The van der Waals surface area contributed by atoms with Crippen molar-refractivity contribution < 1.29 is 13.2 Å². The van der Waals surface area contributed by atoms with Gasteiger partial charge in [0.1, 0.15) is 11.6 Å². The van der Waals surface area contributed by atoms with E-state index in [1.54, 1.807) is 35.7 Å². The molecular formula is C28H33Cl2N5O4S. The largest absolute Gasteiger partial charge is 0.493 e. The predicted molar refractivity (Wildman–Crippen MR) is 158 cm³/mol. The highest BCUT2D eigenvalue weighted by Gasteiger charge is 2.26. The summed E-state index contributed by atoms with van der Waals surface area (Å²) >= 11 is 12.0. The third-order valence-corrected chi connectivity index (χ3v) is 9.12. The van der Waals surface area contributed by atoms with E-state index in [1.165, 1.54) is 12.1 Å². The summed E-state index contributed by atoms with van der Waals surface area (Å²) in [5, 5.41) is 5.59. The first-order chi connectivity index (χ1) is 18.7. The highest BCUT2D eigenvalue weighted by Crippen LogP contribution is 2.35. The number of aromatic nitrogens is 4. The quantitative estimate of drug-likeness (QED) is 0.245. The minimum absolute atomic E-state index is 0. The van der Waals surface area contributed by atoms with E-state index in [0.717, 1.165) is 37.1 Å². The molecule has 214 valence electrons. The first-order valence-electron chi connectivity index (χ1n) is 12.9. The van der Waals surface area contributed by atoms with E-state index in [1.807, 2.05) is 6.92 Å². The number of imidazole rings is 1. The van der Waals surface area contributed by atoms with Gasteiger partial charge in [0.15, 0.2) is 11.3 Å². The van der Waals surface area contributed by atoms with Crippen molar-refractivity contribution in [1.29, 1.82) is 0 Å². The van der Waals surface area contributed by atoms with Crippen LogP contribution in [0.25, 0.3) is 16.9 Å². The van der Waals surface area contributed by atoms with E-state index in [4.69, 9.17) is 33.0 Å². The summed E-state index contributed by atoms with van der Waals surface area (Å²) in [6.45, 7) is 4.14. The van der Waals surface area contributed by atoms with Crippen molar-refractivity contribution in [2.75, 3.05) is 13.2 Å². The number of ether oxygens (including phenoxy) is 1. The number of benzene rings is 2. The van der Waals surface area contributed by atoms with Gasteiger partial charge in [-0.05, 0) is 69.0 Å². The fourth-order valence-corrected chi connectivity index (χ4v) is 6.39. The summed E-state index contributed by atoms with van der Waals surface area (Å²) < 4.78 is 36.4. The number of hydrogen-bond donors (Lipinski definition) is 2. The Morgan fingerprint density at radius 2 is 1.88 bits per heavy atom. The normalized spacial score (nSPS) is 14.0. The number of rotatable bonds is 9. The Hall–Kier alpha value is -2.92. The second-order valence-corrected chi connectivity index (χ2v) is 12.2. The topological polar surface area (TPSA) is 118 Å².